The Balaban J connectivity index is 1.65. The number of aliphatic hydroxyl groups is 1. The van der Waals surface area contributed by atoms with Gasteiger partial charge in [-0.3, -0.25) is 4.79 Å². The number of fused-ring (bicyclic) bond motifs is 7. The minimum atomic E-state index is -0.244. The first-order valence-corrected chi connectivity index (χ1v) is 14.0. The van der Waals surface area contributed by atoms with E-state index in [0.29, 0.717) is 30.0 Å². The number of carbonyl (C=O) groups is 1. The summed E-state index contributed by atoms with van der Waals surface area (Å²) < 4.78 is 6.40. The third kappa shape index (κ3) is 2.92. The highest BCUT2D eigenvalue weighted by molar-refractivity contribution is 5.85. The first kappa shape index (κ1) is 25.0. The topological polar surface area (TPSA) is 46.5 Å². The fraction of sp³-hybridized carbons (Fsp3) is 0.903. The summed E-state index contributed by atoms with van der Waals surface area (Å²) in [5.74, 6) is 1.82. The average molecular weight is 471 g/mol. The van der Waals surface area contributed by atoms with Gasteiger partial charge in [-0.15, -0.1) is 0 Å². The lowest BCUT2D eigenvalue weighted by molar-refractivity contribution is -0.212. The molecule has 5 aliphatic carbocycles. The number of allylic oxidation sites excluding steroid dienone is 1. The summed E-state index contributed by atoms with van der Waals surface area (Å²) in [5, 5.41) is 11.0. The number of methoxy groups -OCH3 is 1. The molecule has 0 aromatic carbocycles. The van der Waals surface area contributed by atoms with E-state index in [-0.39, 0.29) is 44.7 Å². The Bertz CT molecular complexity index is 916. The molecule has 0 heterocycles. The maximum Gasteiger partial charge on any atom is 0.138 e. The molecule has 0 spiro atoms. The second kappa shape index (κ2) is 7.21. The van der Waals surface area contributed by atoms with Gasteiger partial charge in [0, 0.05) is 24.9 Å². The van der Waals surface area contributed by atoms with E-state index >= 15 is 0 Å². The molecule has 0 bridgehead atoms. The molecule has 0 unspecified atom stereocenters. The monoisotopic (exact) mass is 470 g/mol. The molecule has 3 heteroatoms. The molecular formula is C31H50O3. The van der Waals surface area contributed by atoms with Crippen LogP contribution in [0.4, 0.5) is 0 Å². The maximum atomic E-state index is 13.0. The molecule has 4 fully saturated rings. The zero-order valence-corrected chi connectivity index (χ0v) is 23.4. The highest BCUT2D eigenvalue weighted by Crippen LogP contribution is 2.75. The number of rotatable bonds is 1. The number of carbonyl (C=O) groups excluding carboxylic acids is 1. The van der Waals surface area contributed by atoms with Gasteiger partial charge < -0.3 is 9.84 Å². The van der Waals surface area contributed by atoms with Gasteiger partial charge in [0.2, 0.25) is 0 Å². The zero-order chi connectivity index (χ0) is 25.1. The second-order valence-electron chi connectivity index (χ2n) is 15.4. The Labute approximate surface area is 208 Å². The van der Waals surface area contributed by atoms with Crippen LogP contribution < -0.4 is 0 Å². The van der Waals surface area contributed by atoms with Crippen molar-refractivity contribution in [3.63, 3.8) is 0 Å². The number of hydrogen-bond donors (Lipinski definition) is 1. The molecule has 0 radical (unpaired) electrons. The van der Waals surface area contributed by atoms with E-state index in [1.807, 2.05) is 7.11 Å². The Morgan fingerprint density at radius 1 is 0.941 bits per heavy atom. The summed E-state index contributed by atoms with van der Waals surface area (Å²) in [6.45, 7) is 19.1. The zero-order valence-electron chi connectivity index (χ0n) is 23.4. The van der Waals surface area contributed by atoms with Crippen LogP contribution in [0.5, 0.6) is 0 Å². The van der Waals surface area contributed by atoms with Crippen molar-refractivity contribution in [3.05, 3.63) is 11.6 Å². The van der Waals surface area contributed by atoms with Gasteiger partial charge in [-0.2, -0.15) is 0 Å². The van der Waals surface area contributed by atoms with Crippen LogP contribution in [0.1, 0.15) is 107 Å². The number of ketones is 1. The Kier molecular flexibility index (Phi) is 5.30. The van der Waals surface area contributed by atoms with Crippen LogP contribution in [0.15, 0.2) is 11.6 Å². The number of aliphatic hydroxyl groups excluding tert-OH is 1. The van der Waals surface area contributed by atoms with Crippen molar-refractivity contribution in [3.8, 4) is 0 Å². The van der Waals surface area contributed by atoms with Gasteiger partial charge >= 0.3 is 0 Å². The molecule has 1 N–H and O–H groups in total. The molecule has 4 saturated carbocycles. The summed E-state index contributed by atoms with van der Waals surface area (Å²) in [6, 6.07) is 0. The lowest BCUT2D eigenvalue weighted by Gasteiger charge is -2.71. The predicted molar refractivity (Wildman–Crippen MR) is 137 cm³/mol. The van der Waals surface area contributed by atoms with Gasteiger partial charge in [0.1, 0.15) is 5.78 Å². The maximum absolute atomic E-state index is 13.0. The molecule has 0 saturated heterocycles. The summed E-state index contributed by atoms with van der Waals surface area (Å²) in [4.78, 5) is 13.0. The molecule has 192 valence electrons. The van der Waals surface area contributed by atoms with E-state index in [1.165, 1.54) is 19.3 Å². The van der Waals surface area contributed by atoms with Gasteiger partial charge in [-0.1, -0.05) is 67.0 Å². The van der Waals surface area contributed by atoms with Crippen molar-refractivity contribution in [2.45, 2.75) is 119 Å². The van der Waals surface area contributed by atoms with Crippen molar-refractivity contribution < 1.29 is 14.6 Å². The number of hydrogen-bond acceptors (Lipinski definition) is 3. The minimum absolute atomic E-state index is 0.0546. The SMILES string of the molecule is CO[C@@H]1C=C2[C@@H]3CC(C)(C)[C@@H](O)C[C@]3(C)CC[C@@]2(C)[C@]2(C)CC[C@H]3C(C)(C)C(=O)CC[C@]3(C)[C@@H]12. The molecule has 0 amide bonds. The second-order valence-corrected chi connectivity index (χ2v) is 15.4. The van der Waals surface area contributed by atoms with Crippen molar-refractivity contribution in [2.75, 3.05) is 7.11 Å². The van der Waals surface area contributed by atoms with Crippen LogP contribution in [-0.2, 0) is 9.53 Å². The molecule has 0 aliphatic heterocycles. The Hall–Kier alpha value is -0.670. The van der Waals surface area contributed by atoms with E-state index in [2.05, 4.69) is 61.5 Å². The lowest BCUT2D eigenvalue weighted by atomic mass is 9.33. The van der Waals surface area contributed by atoms with Crippen molar-refractivity contribution in [1.29, 1.82) is 0 Å². The van der Waals surface area contributed by atoms with E-state index in [4.69, 9.17) is 4.74 Å². The van der Waals surface area contributed by atoms with Crippen LogP contribution in [-0.4, -0.2) is 30.2 Å². The van der Waals surface area contributed by atoms with Gasteiger partial charge in [0.25, 0.3) is 0 Å². The summed E-state index contributed by atoms with van der Waals surface area (Å²) in [6.07, 6.45) is 10.8. The fourth-order valence-corrected chi connectivity index (χ4v) is 10.6. The molecule has 0 aromatic rings. The molecule has 9 atom stereocenters. The van der Waals surface area contributed by atoms with Gasteiger partial charge in [0.15, 0.2) is 0 Å². The van der Waals surface area contributed by atoms with Crippen LogP contribution >= 0.6 is 0 Å². The van der Waals surface area contributed by atoms with E-state index in [0.717, 1.165) is 25.7 Å². The normalized spacial score (nSPS) is 53.6. The quantitative estimate of drug-likeness (QED) is 0.421. The van der Waals surface area contributed by atoms with Gasteiger partial charge in [0.05, 0.1) is 12.2 Å². The molecule has 3 nitrogen and oxygen atoms in total. The first-order valence-electron chi connectivity index (χ1n) is 14.0. The summed E-state index contributed by atoms with van der Waals surface area (Å²) in [7, 11) is 1.91. The van der Waals surface area contributed by atoms with Crippen molar-refractivity contribution in [1.82, 2.24) is 0 Å². The van der Waals surface area contributed by atoms with Crippen LogP contribution in [0.3, 0.4) is 0 Å². The summed E-state index contributed by atoms with van der Waals surface area (Å²) >= 11 is 0. The third-order valence-electron chi connectivity index (χ3n) is 13.2. The van der Waals surface area contributed by atoms with Crippen molar-refractivity contribution >= 4 is 5.78 Å². The smallest absolute Gasteiger partial charge is 0.138 e. The number of ether oxygens (including phenoxy) is 1. The molecule has 0 aromatic heterocycles. The third-order valence-corrected chi connectivity index (χ3v) is 13.2. The average Bonchev–Trinajstić information content (AvgIpc) is 2.73. The molecule has 5 rings (SSSR count). The molecular weight excluding hydrogens is 420 g/mol. The Morgan fingerprint density at radius 2 is 1.62 bits per heavy atom. The van der Waals surface area contributed by atoms with Gasteiger partial charge in [-0.25, -0.2) is 0 Å². The van der Waals surface area contributed by atoms with E-state index in [9.17, 15) is 9.90 Å². The standard InChI is InChI=1S/C31H50O3/c1-26(2)17-20-19-16-21(34-9)25-29(6)12-11-23(32)27(3,4)22(29)10-13-31(25,8)30(19,7)15-14-28(20,5)18-24(26)33/h16,20-22,24-25,33H,10-15,17-18H2,1-9H3/t20-,21+,22-,24-,25+,28-,29-,30+,31+/m0/s1. The van der Waals surface area contributed by atoms with Crippen LogP contribution in [0, 0.1) is 50.2 Å². The van der Waals surface area contributed by atoms with Gasteiger partial charge in [-0.05, 0) is 83.9 Å². The first-order chi connectivity index (χ1) is 15.6. The number of Topliss-reactive ketones (excluding diaryl/α,β-unsaturated/α-hetero) is 1. The van der Waals surface area contributed by atoms with E-state index < -0.39 is 0 Å². The largest absolute Gasteiger partial charge is 0.393 e. The predicted octanol–water partition coefficient (Wildman–Crippen LogP) is 6.97. The molecule has 34 heavy (non-hydrogen) atoms. The fourth-order valence-electron chi connectivity index (χ4n) is 10.6. The molecule has 5 aliphatic rings. The van der Waals surface area contributed by atoms with Crippen LogP contribution in [0.2, 0.25) is 0 Å². The Morgan fingerprint density at radius 3 is 2.26 bits per heavy atom. The van der Waals surface area contributed by atoms with E-state index in [1.54, 1.807) is 5.57 Å². The highest BCUT2D eigenvalue weighted by Gasteiger charge is 2.70. The lowest BCUT2D eigenvalue weighted by Crippen LogP contribution is -2.67. The highest BCUT2D eigenvalue weighted by atomic mass is 16.5. The van der Waals surface area contributed by atoms with Crippen LogP contribution in [0.25, 0.3) is 0 Å². The summed E-state index contributed by atoms with van der Waals surface area (Å²) in [5.41, 5.74) is 1.92. The van der Waals surface area contributed by atoms with Crippen molar-refractivity contribution in [2.24, 2.45) is 50.2 Å². The minimum Gasteiger partial charge on any atom is -0.393 e.